The highest BCUT2D eigenvalue weighted by Crippen LogP contribution is 2.16. The summed E-state index contributed by atoms with van der Waals surface area (Å²) < 4.78 is 40.3. The van der Waals surface area contributed by atoms with Gasteiger partial charge in [-0.1, -0.05) is 18.2 Å². The van der Waals surface area contributed by atoms with Crippen LogP contribution < -0.4 is 10.0 Å². The van der Waals surface area contributed by atoms with Crippen LogP contribution in [0.25, 0.3) is 0 Å². The predicted octanol–water partition coefficient (Wildman–Crippen LogP) is 1.72. The molecule has 2 aromatic carbocycles. The standard InChI is InChI=1S/C18H22FN5O4S/c1-20-18(23(2)13-14-5-3-6-15(19)11-14)21-9-10-22-29(27,28)17-8-4-7-16(12-17)24(25)26/h3-8,11-12,22H,9-10,13H2,1-2H3,(H,20,21). The molecule has 0 saturated heterocycles. The van der Waals surface area contributed by atoms with Crippen LogP contribution in [-0.2, 0) is 16.6 Å². The predicted molar refractivity (Wildman–Crippen MR) is 108 cm³/mol. The zero-order chi connectivity index (χ0) is 21.4. The van der Waals surface area contributed by atoms with Crippen molar-refractivity contribution in [3.05, 3.63) is 70.0 Å². The molecule has 11 heteroatoms. The van der Waals surface area contributed by atoms with Gasteiger partial charge in [0.15, 0.2) is 5.96 Å². The molecule has 0 aliphatic rings. The minimum Gasteiger partial charge on any atom is -0.355 e. The Morgan fingerprint density at radius 2 is 1.93 bits per heavy atom. The monoisotopic (exact) mass is 423 g/mol. The highest BCUT2D eigenvalue weighted by molar-refractivity contribution is 7.89. The van der Waals surface area contributed by atoms with Gasteiger partial charge in [-0.2, -0.15) is 0 Å². The smallest absolute Gasteiger partial charge is 0.270 e. The maximum atomic E-state index is 13.3. The highest BCUT2D eigenvalue weighted by atomic mass is 32.2. The molecule has 2 N–H and O–H groups in total. The fourth-order valence-corrected chi connectivity index (χ4v) is 3.65. The van der Waals surface area contributed by atoms with E-state index in [1.165, 1.54) is 30.3 Å². The average molecular weight is 423 g/mol. The number of benzene rings is 2. The molecular weight excluding hydrogens is 401 g/mol. The number of sulfonamides is 1. The van der Waals surface area contributed by atoms with Crippen molar-refractivity contribution in [3.63, 3.8) is 0 Å². The first-order chi connectivity index (χ1) is 13.7. The SMILES string of the molecule is CN=C(NCCNS(=O)(=O)c1cccc([N+](=O)[O-])c1)N(C)Cc1cccc(F)c1. The summed E-state index contributed by atoms with van der Waals surface area (Å²) in [7, 11) is -0.532. The third-order valence-corrected chi connectivity index (χ3v) is 5.38. The zero-order valence-electron chi connectivity index (χ0n) is 16.0. The molecular formula is C18H22FN5O4S. The van der Waals surface area contributed by atoms with Gasteiger partial charge in [0, 0.05) is 45.9 Å². The number of nitrogens with zero attached hydrogens (tertiary/aromatic N) is 3. The summed E-state index contributed by atoms with van der Waals surface area (Å²) in [4.78, 5) is 15.9. The molecule has 0 atom stereocenters. The van der Waals surface area contributed by atoms with E-state index in [9.17, 15) is 22.9 Å². The number of rotatable bonds is 8. The number of nitro benzene ring substituents is 1. The highest BCUT2D eigenvalue weighted by Gasteiger charge is 2.17. The van der Waals surface area contributed by atoms with E-state index in [4.69, 9.17) is 0 Å². The van der Waals surface area contributed by atoms with Gasteiger partial charge >= 0.3 is 0 Å². The normalized spacial score (nSPS) is 11.9. The van der Waals surface area contributed by atoms with Crippen LogP contribution in [0, 0.1) is 15.9 Å². The maximum absolute atomic E-state index is 13.3. The second-order valence-corrected chi connectivity index (χ2v) is 7.88. The zero-order valence-corrected chi connectivity index (χ0v) is 16.8. The Labute approximate surface area is 168 Å². The fraction of sp³-hybridized carbons (Fsp3) is 0.278. The van der Waals surface area contributed by atoms with Crippen LogP contribution >= 0.6 is 0 Å². The van der Waals surface area contributed by atoms with Crippen LogP contribution in [0.2, 0.25) is 0 Å². The van der Waals surface area contributed by atoms with Crippen molar-refractivity contribution < 1.29 is 17.7 Å². The van der Waals surface area contributed by atoms with Crippen LogP contribution in [-0.4, -0.2) is 51.4 Å². The third kappa shape index (κ3) is 6.50. The van der Waals surface area contributed by atoms with Crippen molar-refractivity contribution in [2.45, 2.75) is 11.4 Å². The van der Waals surface area contributed by atoms with Gasteiger partial charge in [0.25, 0.3) is 5.69 Å². The molecule has 0 radical (unpaired) electrons. The number of guanidine groups is 1. The Bertz CT molecular complexity index is 997. The van der Waals surface area contributed by atoms with Gasteiger partial charge < -0.3 is 10.2 Å². The topological polar surface area (TPSA) is 117 Å². The van der Waals surface area contributed by atoms with Gasteiger partial charge in [-0.25, -0.2) is 17.5 Å². The van der Waals surface area contributed by atoms with Crippen LogP contribution in [0.4, 0.5) is 10.1 Å². The van der Waals surface area contributed by atoms with E-state index in [-0.39, 0.29) is 29.5 Å². The lowest BCUT2D eigenvalue weighted by Gasteiger charge is -2.22. The van der Waals surface area contributed by atoms with Crippen LogP contribution in [0.15, 0.2) is 58.4 Å². The van der Waals surface area contributed by atoms with Crippen molar-refractivity contribution in [3.8, 4) is 0 Å². The van der Waals surface area contributed by atoms with E-state index in [2.05, 4.69) is 15.0 Å². The van der Waals surface area contributed by atoms with Crippen molar-refractivity contribution >= 4 is 21.7 Å². The molecule has 0 heterocycles. The summed E-state index contributed by atoms with van der Waals surface area (Å²) in [5, 5.41) is 13.8. The van der Waals surface area contributed by atoms with Crippen LogP contribution in [0.5, 0.6) is 0 Å². The summed E-state index contributed by atoms with van der Waals surface area (Å²) in [6.45, 7) is 0.684. The van der Waals surface area contributed by atoms with Crippen LogP contribution in [0.1, 0.15) is 5.56 Å². The summed E-state index contributed by atoms with van der Waals surface area (Å²) in [6, 6.07) is 11.0. The average Bonchev–Trinajstić information content (AvgIpc) is 2.68. The lowest BCUT2D eigenvalue weighted by molar-refractivity contribution is -0.385. The second-order valence-electron chi connectivity index (χ2n) is 6.11. The van der Waals surface area contributed by atoms with Crippen molar-refractivity contribution in [1.82, 2.24) is 14.9 Å². The van der Waals surface area contributed by atoms with E-state index >= 15 is 0 Å². The molecule has 0 unspecified atom stereocenters. The summed E-state index contributed by atoms with van der Waals surface area (Å²) in [6.07, 6.45) is 0. The molecule has 0 aliphatic heterocycles. The van der Waals surface area contributed by atoms with Gasteiger partial charge in [-0.3, -0.25) is 15.1 Å². The lowest BCUT2D eigenvalue weighted by Crippen LogP contribution is -2.42. The van der Waals surface area contributed by atoms with Crippen molar-refractivity contribution in [2.75, 3.05) is 27.2 Å². The van der Waals surface area contributed by atoms with Gasteiger partial charge in [-0.15, -0.1) is 0 Å². The van der Waals surface area contributed by atoms with Crippen LogP contribution in [0.3, 0.4) is 0 Å². The Morgan fingerprint density at radius 1 is 1.21 bits per heavy atom. The Kier molecular flexibility index (Phi) is 7.62. The van der Waals surface area contributed by atoms with E-state index in [0.29, 0.717) is 12.5 Å². The number of nitrogens with one attached hydrogen (secondary N) is 2. The minimum atomic E-state index is -3.88. The second kappa shape index (κ2) is 9.94. The number of hydrogen-bond acceptors (Lipinski definition) is 5. The Morgan fingerprint density at radius 3 is 2.59 bits per heavy atom. The fourth-order valence-electron chi connectivity index (χ4n) is 2.58. The summed E-state index contributed by atoms with van der Waals surface area (Å²) in [5.41, 5.74) is 0.465. The molecule has 0 amide bonds. The molecule has 0 fully saturated rings. The largest absolute Gasteiger partial charge is 0.355 e. The Balaban J connectivity index is 1.89. The number of aliphatic imine (C=N–C) groups is 1. The quantitative estimate of drug-likeness (QED) is 0.220. The first-order valence-electron chi connectivity index (χ1n) is 8.63. The first kappa shape index (κ1) is 22.2. The molecule has 0 bridgehead atoms. The van der Waals surface area contributed by atoms with Gasteiger partial charge in [0.05, 0.1) is 9.82 Å². The van der Waals surface area contributed by atoms with Crippen molar-refractivity contribution in [2.24, 2.45) is 4.99 Å². The molecule has 29 heavy (non-hydrogen) atoms. The molecule has 2 aromatic rings. The number of halogens is 1. The molecule has 0 spiro atoms. The summed E-state index contributed by atoms with van der Waals surface area (Å²) in [5.74, 6) is 0.179. The molecule has 0 aromatic heterocycles. The number of hydrogen-bond donors (Lipinski definition) is 2. The van der Waals surface area contributed by atoms with E-state index in [1.54, 1.807) is 31.1 Å². The Hall–Kier alpha value is -3.05. The third-order valence-electron chi connectivity index (χ3n) is 3.92. The molecule has 2 rings (SSSR count). The van der Waals surface area contributed by atoms with E-state index < -0.39 is 14.9 Å². The molecule has 0 saturated carbocycles. The molecule has 9 nitrogen and oxygen atoms in total. The number of nitro groups is 1. The van der Waals surface area contributed by atoms with Gasteiger partial charge in [0.1, 0.15) is 5.82 Å². The first-order valence-corrected chi connectivity index (χ1v) is 10.1. The molecule has 0 aliphatic carbocycles. The van der Waals surface area contributed by atoms with E-state index in [0.717, 1.165) is 11.6 Å². The summed E-state index contributed by atoms with van der Waals surface area (Å²) >= 11 is 0. The maximum Gasteiger partial charge on any atom is 0.270 e. The lowest BCUT2D eigenvalue weighted by atomic mass is 10.2. The molecule has 156 valence electrons. The minimum absolute atomic E-state index is 0.0395. The van der Waals surface area contributed by atoms with Gasteiger partial charge in [0.2, 0.25) is 10.0 Å². The van der Waals surface area contributed by atoms with E-state index in [1.807, 2.05) is 0 Å². The number of non-ortho nitro benzene ring substituents is 1. The van der Waals surface area contributed by atoms with Gasteiger partial charge in [-0.05, 0) is 23.8 Å². The van der Waals surface area contributed by atoms with Crippen molar-refractivity contribution in [1.29, 1.82) is 0 Å².